The number of ether oxygens (including phenoxy) is 1. The molecule has 0 saturated carbocycles. The molecule has 12 nitrogen and oxygen atoms in total. The van der Waals surface area contributed by atoms with Crippen molar-refractivity contribution in [2.75, 3.05) is 11.9 Å². The zero-order valence-corrected chi connectivity index (χ0v) is 22.0. The van der Waals surface area contributed by atoms with Crippen LogP contribution in [0.25, 0.3) is 43.5 Å². The molecule has 1 fully saturated rings. The van der Waals surface area contributed by atoms with Crippen LogP contribution in [0.3, 0.4) is 0 Å². The third kappa shape index (κ3) is 3.54. The van der Waals surface area contributed by atoms with Crippen molar-refractivity contribution in [3.8, 4) is 0 Å². The Morgan fingerprint density at radius 3 is 2.52 bits per heavy atom. The van der Waals surface area contributed by atoms with Crippen LogP contribution >= 0.6 is 0 Å². The Morgan fingerprint density at radius 2 is 1.76 bits per heavy atom. The van der Waals surface area contributed by atoms with E-state index in [1.54, 1.807) is 0 Å². The smallest absolute Gasteiger partial charge is 0.280 e. The molecule has 4 aromatic carbocycles. The Labute approximate surface area is 236 Å². The van der Waals surface area contributed by atoms with Crippen LogP contribution in [0.1, 0.15) is 35.9 Å². The summed E-state index contributed by atoms with van der Waals surface area (Å²) in [6, 6.07) is 14.9. The van der Waals surface area contributed by atoms with E-state index in [1.807, 2.05) is 48.5 Å². The number of nitrogens with zero attached hydrogens (tertiary/aromatic N) is 3. The van der Waals surface area contributed by atoms with Gasteiger partial charge < -0.3 is 35.6 Å². The largest absolute Gasteiger partial charge is 0.394 e. The summed E-state index contributed by atoms with van der Waals surface area (Å²) in [4.78, 5) is 24.5. The molecule has 0 spiro atoms. The molecule has 8 rings (SSSR count). The highest BCUT2D eigenvalue weighted by Crippen LogP contribution is 2.46. The van der Waals surface area contributed by atoms with Crippen molar-refractivity contribution in [3.63, 3.8) is 0 Å². The van der Waals surface area contributed by atoms with E-state index in [2.05, 4.69) is 20.3 Å². The van der Waals surface area contributed by atoms with Gasteiger partial charge in [-0.3, -0.25) is 14.3 Å². The van der Waals surface area contributed by atoms with E-state index in [0.29, 0.717) is 11.1 Å². The van der Waals surface area contributed by atoms with Crippen molar-refractivity contribution < 1.29 is 30.3 Å². The molecule has 0 radical (unpaired) electrons. The van der Waals surface area contributed by atoms with Crippen molar-refractivity contribution >= 4 is 49.4 Å². The van der Waals surface area contributed by atoms with Crippen LogP contribution in [0.4, 0.5) is 5.95 Å². The van der Waals surface area contributed by atoms with Crippen molar-refractivity contribution in [2.45, 2.75) is 49.2 Å². The quantitative estimate of drug-likeness (QED) is 0.154. The number of nitrogens with one attached hydrogen (secondary N) is 2. The van der Waals surface area contributed by atoms with Gasteiger partial charge in [0, 0.05) is 6.42 Å². The van der Waals surface area contributed by atoms with Gasteiger partial charge in [-0.05, 0) is 49.5 Å². The van der Waals surface area contributed by atoms with Gasteiger partial charge in [-0.2, -0.15) is 4.98 Å². The van der Waals surface area contributed by atoms with Gasteiger partial charge in [0.2, 0.25) is 5.95 Å². The van der Waals surface area contributed by atoms with Gasteiger partial charge in [0.25, 0.3) is 5.56 Å². The van der Waals surface area contributed by atoms with Crippen LogP contribution in [0.5, 0.6) is 0 Å². The summed E-state index contributed by atoms with van der Waals surface area (Å²) in [5, 5.41) is 61.9. The number of hydrogen-bond donors (Lipinski definition) is 7. The summed E-state index contributed by atoms with van der Waals surface area (Å²) >= 11 is 0. The Hall–Kier alpha value is -4.17. The Balaban J connectivity index is 1.29. The van der Waals surface area contributed by atoms with Crippen molar-refractivity contribution in [1.29, 1.82) is 0 Å². The molecule has 0 unspecified atom stereocenters. The minimum Gasteiger partial charge on any atom is -0.394 e. The molecule has 0 bridgehead atoms. The molecule has 42 heavy (non-hydrogen) atoms. The summed E-state index contributed by atoms with van der Waals surface area (Å²) in [7, 11) is 0. The maximum atomic E-state index is 13.0. The molecule has 214 valence electrons. The number of aromatic nitrogens is 4. The lowest BCUT2D eigenvalue weighted by atomic mass is 9.77. The van der Waals surface area contributed by atoms with Crippen LogP contribution in [0.15, 0.2) is 59.7 Å². The molecule has 1 aliphatic heterocycles. The highest BCUT2D eigenvalue weighted by Gasteiger charge is 2.42. The number of benzene rings is 4. The monoisotopic (exact) mass is 569 g/mol. The highest BCUT2D eigenvalue weighted by molar-refractivity contribution is 6.24. The number of fused-ring (bicyclic) bond motifs is 3. The molecule has 3 heterocycles. The van der Waals surface area contributed by atoms with E-state index >= 15 is 0 Å². The number of imidazole rings is 1. The molecule has 1 aliphatic carbocycles. The molecule has 12 heteroatoms. The van der Waals surface area contributed by atoms with E-state index in [9.17, 15) is 30.3 Å². The summed E-state index contributed by atoms with van der Waals surface area (Å²) in [5.41, 5.74) is 0.746. The zero-order chi connectivity index (χ0) is 28.9. The van der Waals surface area contributed by atoms with Crippen LogP contribution in [0, 0.1) is 0 Å². The van der Waals surface area contributed by atoms with E-state index in [1.165, 1.54) is 10.9 Å². The van der Waals surface area contributed by atoms with Crippen molar-refractivity contribution in [3.05, 3.63) is 76.3 Å². The van der Waals surface area contributed by atoms with Gasteiger partial charge in [-0.25, -0.2) is 4.98 Å². The maximum Gasteiger partial charge on any atom is 0.280 e. The minimum absolute atomic E-state index is 0.00999. The first-order valence-electron chi connectivity index (χ1n) is 13.8. The standard InChI is InChI=1S/C30H27N5O7/c36-10-18-17(37)9-19(42-18)35-11-31-24-28(35)33-30(34-29(24)41)32-23-22-15-7-6-13-3-1-2-12-4-5-14(21(15)20(12)13)8-16(22)25(38)27(40)26(23)39/h1-8,11,17-19,23,25-27,36-40H,9-10H2,(H2,32,33,34,41)/t17-,18+,19+,23-,25+,26+,27-/m0/s1. The van der Waals surface area contributed by atoms with Crippen LogP contribution in [0.2, 0.25) is 0 Å². The molecular weight excluding hydrogens is 542 g/mol. The fourth-order valence-electron chi connectivity index (χ4n) is 6.75. The summed E-state index contributed by atoms with van der Waals surface area (Å²) in [6.07, 6.45) is -5.10. The molecule has 2 aliphatic rings. The maximum absolute atomic E-state index is 13.0. The number of rotatable bonds is 4. The first-order chi connectivity index (χ1) is 20.3. The van der Waals surface area contributed by atoms with E-state index in [4.69, 9.17) is 4.74 Å². The molecular formula is C30H27N5O7. The third-order valence-corrected chi connectivity index (χ3v) is 8.78. The van der Waals surface area contributed by atoms with Crippen LogP contribution in [-0.4, -0.2) is 76.1 Å². The Bertz CT molecular complexity index is 2040. The molecule has 1 saturated heterocycles. The molecule has 2 aromatic heterocycles. The van der Waals surface area contributed by atoms with Gasteiger partial charge in [0.15, 0.2) is 11.2 Å². The Kier molecular flexibility index (Phi) is 5.57. The number of anilines is 1. The highest BCUT2D eigenvalue weighted by atomic mass is 16.5. The van der Waals surface area contributed by atoms with E-state index in [0.717, 1.165) is 32.3 Å². The molecule has 0 amide bonds. The van der Waals surface area contributed by atoms with Crippen molar-refractivity contribution in [1.82, 2.24) is 19.5 Å². The second-order valence-electron chi connectivity index (χ2n) is 11.1. The summed E-state index contributed by atoms with van der Waals surface area (Å²) in [6.45, 7) is -0.361. The average Bonchev–Trinajstić information content (AvgIpc) is 3.59. The lowest BCUT2D eigenvalue weighted by Crippen LogP contribution is -2.44. The van der Waals surface area contributed by atoms with Gasteiger partial charge in [0.1, 0.15) is 30.6 Å². The molecule has 7 N–H and O–H groups in total. The predicted molar refractivity (Wildman–Crippen MR) is 153 cm³/mol. The second-order valence-corrected chi connectivity index (χ2v) is 11.1. The third-order valence-electron chi connectivity index (χ3n) is 8.78. The number of aliphatic hydroxyl groups excluding tert-OH is 5. The number of aliphatic hydroxyl groups is 5. The van der Waals surface area contributed by atoms with Crippen LogP contribution < -0.4 is 10.9 Å². The zero-order valence-electron chi connectivity index (χ0n) is 22.0. The molecule has 6 aromatic rings. The first-order valence-corrected chi connectivity index (χ1v) is 13.8. The van der Waals surface area contributed by atoms with Gasteiger partial charge in [-0.1, -0.05) is 42.5 Å². The predicted octanol–water partition coefficient (Wildman–Crippen LogP) is 1.58. The topological polar surface area (TPSA) is 186 Å². The number of aromatic amines is 1. The minimum atomic E-state index is -1.51. The van der Waals surface area contributed by atoms with Crippen LogP contribution in [-0.2, 0) is 4.74 Å². The first kappa shape index (κ1) is 25.5. The normalized spacial score (nSPS) is 27.9. The lowest BCUT2D eigenvalue weighted by molar-refractivity contribution is -0.0767. The molecule has 7 atom stereocenters. The van der Waals surface area contributed by atoms with Crippen molar-refractivity contribution in [2.24, 2.45) is 0 Å². The summed E-state index contributed by atoms with van der Waals surface area (Å²) < 4.78 is 7.27. The average molecular weight is 570 g/mol. The van der Waals surface area contributed by atoms with E-state index in [-0.39, 0.29) is 30.1 Å². The van der Waals surface area contributed by atoms with Gasteiger partial charge in [0.05, 0.1) is 25.1 Å². The van der Waals surface area contributed by atoms with E-state index < -0.39 is 48.3 Å². The fraction of sp³-hybridized carbons (Fsp3) is 0.300. The SMILES string of the molecule is O=c1[nH]c(N[C@H]2c3c(cc4ccc5cccc6ccc3c4c56)[C@@H](O)[C@H](O)[C@@H]2O)nc2c1ncn2[C@H]1C[C@H](O)[C@@H](CO)O1. The number of hydrogen-bond acceptors (Lipinski definition) is 10. The lowest BCUT2D eigenvalue weighted by Gasteiger charge is -2.38. The fourth-order valence-corrected chi connectivity index (χ4v) is 6.75. The number of H-pyrrole nitrogens is 1. The second kappa shape index (κ2) is 9.16. The van der Waals surface area contributed by atoms with Gasteiger partial charge >= 0.3 is 0 Å². The Morgan fingerprint density at radius 1 is 1.00 bits per heavy atom. The summed E-state index contributed by atoms with van der Waals surface area (Å²) in [5.74, 6) is 0.00999. The van der Waals surface area contributed by atoms with Gasteiger partial charge in [-0.15, -0.1) is 0 Å².